The van der Waals surface area contributed by atoms with Gasteiger partial charge >= 0.3 is 11.8 Å². The molecule has 2 aromatic rings. The number of nitriles is 1. The summed E-state index contributed by atoms with van der Waals surface area (Å²) in [6.45, 7) is 0.251. The molecule has 0 bridgehead atoms. The van der Waals surface area contributed by atoms with Gasteiger partial charge in [0, 0.05) is 23.8 Å². The predicted octanol–water partition coefficient (Wildman–Crippen LogP) is 2.15. The zero-order chi connectivity index (χ0) is 16.9. The number of pyridine rings is 1. The normalized spacial score (nSPS) is 12.8. The molecule has 2 amide bonds. The Labute approximate surface area is 143 Å². The first-order valence-electron chi connectivity index (χ1n) is 7.71. The highest BCUT2D eigenvalue weighted by Gasteiger charge is 2.23. The fourth-order valence-electron chi connectivity index (χ4n) is 2.70. The van der Waals surface area contributed by atoms with Crippen LogP contribution in [0.2, 0.25) is 0 Å². The molecule has 0 unspecified atom stereocenters. The van der Waals surface area contributed by atoms with Gasteiger partial charge in [-0.1, -0.05) is 0 Å². The van der Waals surface area contributed by atoms with Crippen LogP contribution in [-0.4, -0.2) is 16.8 Å². The van der Waals surface area contributed by atoms with Crippen LogP contribution >= 0.6 is 11.3 Å². The molecule has 3 rings (SSSR count). The lowest BCUT2D eigenvalue weighted by molar-refractivity contribution is -0.136. The Bertz CT molecular complexity index is 808. The lowest BCUT2D eigenvalue weighted by atomic mass is 9.96. The molecule has 0 saturated carbocycles. The van der Waals surface area contributed by atoms with Crippen LogP contribution in [0.5, 0.6) is 0 Å². The largest absolute Gasteiger partial charge is 0.344 e. The molecule has 2 aromatic heterocycles. The van der Waals surface area contributed by atoms with Crippen molar-refractivity contribution in [1.82, 2.24) is 10.3 Å². The maximum atomic E-state index is 12.1. The van der Waals surface area contributed by atoms with Crippen LogP contribution in [0.15, 0.2) is 24.5 Å². The molecule has 6 nitrogen and oxygen atoms in total. The van der Waals surface area contributed by atoms with Crippen LogP contribution < -0.4 is 10.6 Å². The van der Waals surface area contributed by atoms with Gasteiger partial charge in [-0.2, -0.15) is 5.26 Å². The second kappa shape index (κ2) is 7.23. The molecular formula is C17H16N4O2S. The molecular weight excluding hydrogens is 324 g/mol. The van der Waals surface area contributed by atoms with E-state index < -0.39 is 11.8 Å². The van der Waals surface area contributed by atoms with Crippen LogP contribution in [-0.2, 0) is 29.0 Å². The highest BCUT2D eigenvalue weighted by Crippen LogP contribution is 2.37. The molecule has 0 spiro atoms. The summed E-state index contributed by atoms with van der Waals surface area (Å²) in [4.78, 5) is 29.1. The van der Waals surface area contributed by atoms with Crippen LogP contribution in [0, 0.1) is 11.3 Å². The van der Waals surface area contributed by atoms with E-state index in [2.05, 4.69) is 21.7 Å². The van der Waals surface area contributed by atoms with Crippen molar-refractivity contribution in [3.05, 3.63) is 46.1 Å². The maximum absolute atomic E-state index is 12.1. The number of nitrogens with one attached hydrogen (secondary N) is 2. The first-order chi connectivity index (χ1) is 11.7. The van der Waals surface area contributed by atoms with Crippen LogP contribution in [0.1, 0.15) is 34.4 Å². The fraction of sp³-hybridized carbons (Fsp3) is 0.294. The van der Waals surface area contributed by atoms with Gasteiger partial charge < -0.3 is 10.6 Å². The molecule has 0 fully saturated rings. The number of amides is 2. The van der Waals surface area contributed by atoms with Crippen molar-refractivity contribution < 1.29 is 9.59 Å². The molecule has 0 atom stereocenters. The Morgan fingerprint density at radius 2 is 1.96 bits per heavy atom. The quantitative estimate of drug-likeness (QED) is 0.837. The van der Waals surface area contributed by atoms with Crippen LogP contribution in [0.3, 0.4) is 0 Å². The van der Waals surface area contributed by atoms with E-state index in [9.17, 15) is 14.9 Å². The van der Waals surface area contributed by atoms with E-state index in [4.69, 9.17) is 0 Å². The van der Waals surface area contributed by atoms with E-state index in [1.807, 2.05) is 0 Å². The lowest BCUT2D eigenvalue weighted by Crippen LogP contribution is -2.34. The number of aryl methyl sites for hydroxylation is 1. The number of fused-ring (bicyclic) bond motifs is 1. The van der Waals surface area contributed by atoms with E-state index in [0.29, 0.717) is 10.6 Å². The summed E-state index contributed by atoms with van der Waals surface area (Å²) in [6, 6.07) is 5.69. The van der Waals surface area contributed by atoms with E-state index in [1.54, 1.807) is 24.5 Å². The minimum absolute atomic E-state index is 0.251. The third-order valence-corrected chi connectivity index (χ3v) is 5.13. The van der Waals surface area contributed by atoms with Crippen molar-refractivity contribution in [1.29, 1.82) is 5.26 Å². The summed E-state index contributed by atoms with van der Waals surface area (Å²) in [5.74, 6) is -1.47. The molecule has 0 radical (unpaired) electrons. The number of rotatable bonds is 3. The molecule has 0 aromatic carbocycles. The zero-order valence-electron chi connectivity index (χ0n) is 13.0. The maximum Gasteiger partial charge on any atom is 0.314 e. The Morgan fingerprint density at radius 1 is 1.21 bits per heavy atom. The monoisotopic (exact) mass is 340 g/mol. The highest BCUT2D eigenvalue weighted by atomic mass is 32.1. The highest BCUT2D eigenvalue weighted by molar-refractivity contribution is 7.16. The molecule has 122 valence electrons. The van der Waals surface area contributed by atoms with Gasteiger partial charge in [-0.3, -0.25) is 14.6 Å². The summed E-state index contributed by atoms with van der Waals surface area (Å²) < 4.78 is 0. The predicted molar refractivity (Wildman–Crippen MR) is 90.4 cm³/mol. The molecule has 1 aliphatic rings. The Hall–Kier alpha value is -2.72. The van der Waals surface area contributed by atoms with Crippen molar-refractivity contribution in [2.24, 2.45) is 0 Å². The minimum Gasteiger partial charge on any atom is -0.344 e. The van der Waals surface area contributed by atoms with Crippen LogP contribution in [0.4, 0.5) is 5.00 Å². The Balaban J connectivity index is 1.65. The number of nitrogens with zero attached hydrogens (tertiary/aromatic N) is 2. The molecule has 24 heavy (non-hydrogen) atoms. The van der Waals surface area contributed by atoms with Gasteiger partial charge in [-0.05, 0) is 48.9 Å². The first kappa shape index (κ1) is 16.1. The summed E-state index contributed by atoms with van der Waals surface area (Å²) >= 11 is 1.40. The van der Waals surface area contributed by atoms with Crippen molar-refractivity contribution in [2.45, 2.75) is 32.2 Å². The number of thiophene rings is 1. The number of carbonyl (C=O) groups excluding carboxylic acids is 2. The SMILES string of the molecule is N#Cc1c(NC(=O)C(=O)NCc2ccncc2)sc2c1CCCC2. The number of hydrogen-bond acceptors (Lipinski definition) is 5. The lowest BCUT2D eigenvalue weighted by Gasteiger charge is -2.09. The van der Waals surface area contributed by atoms with Gasteiger partial charge in [0.15, 0.2) is 0 Å². The number of hydrogen-bond donors (Lipinski definition) is 2. The van der Waals surface area contributed by atoms with Crippen molar-refractivity contribution in [3.8, 4) is 6.07 Å². The Kier molecular flexibility index (Phi) is 4.87. The van der Waals surface area contributed by atoms with Crippen molar-refractivity contribution >= 4 is 28.2 Å². The third kappa shape index (κ3) is 3.44. The molecule has 1 aliphatic carbocycles. The minimum atomic E-state index is -0.751. The average molecular weight is 340 g/mol. The van der Waals surface area contributed by atoms with E-state index in [1.165, 1.54) is 11.3 Å². The van der Waals surface area contributed by atoms with E-state index in [-0.39, 0.29) is 6.54 Å². The fourth-order valence-corrected chi connectivity index (χ4v) is 3.93. The average Bonchev–Trinajstić information content (AvgIpc) is 2.97. The second-order valence-corrected chi connectivity index (χ2v) is 6.62. The standard InChI is InChI=1S/C17H16N4O2S/c18-9-13-12-3-1-2-4-14(12)24-17(13)21-16(23)15(22)20-10-11-5-7-19-8-6-11/h5-8H,1-4,10H2,(H,20,22)(H,21,23). The van der Waals surface area contributed by atoms with Gasteiger partial charge in [0.1, 0.15) is 11.1 Å². The van der Waals surface area contributed by atoms with Crippen LogP contribution in [0.25, 0.3) is 0 Å². The summed E-state index contributed by atoms with van der Waals surface area (Å²) in [6.07, 6.45) is 7.18. The molecule has 0 saturated heterocycles. The first-order valence-corrected chi connectivity index (χ1v) is 8.53. The third-order valence-electron chi connectivity index (χ3n) is 3.92. The summed E-state index contributed by atoms with van der Waals surface area (Å²) in [5.41, 5.74) is 2.39. The zero-order valence-corrected chi connectivity index (χ0v) is 13.8. The molecule has 2 N–H and O–H groups in total. The molecule has 0 aliphatic heterocycles. The van der Waals surface area contributed by atoms with Gasteiger partial charge in [-0.15, -0.1) is 11.3 Å². The number of anilines is 1. The number of carbonyl (C=O) groups is 2. The molecule has 7 heteroatoms. The smallest absolute Gasteiger partial charge is 0.314 e. The Morgan fingerprint density at radius 3 is 2.71 bits per heavy atom. The van der Waals surface area contributed by atoms with Crippen molar-refractivity contribution in [2.75, 3.05) is 5.32 Å². The molecule has 2 heterocycles. The number of aromatic nitrogens is 1. The van der Waals surface area contributed by atoms with Gasteiger partial charge in [0.2, 0.25) is 0 Å². The summed E-state index contributed by atoms with van der Waals surface area (Å²) in [5, 5.41) is 15.0. The van der Waals surface area contributed by atoms with E-state index >= 15 is 0 Å². The van der Waals surface area contributed by atoms with Gasteiger partial charge in [-0.25, -0.2) is 0 Å². The topological polar surface area (TPSA) is 94.9 Å². The van der Waals surface area contributed by atoms with E-state index in [0.717, 1.165) is 41.7 Å². The second-order valence-electron chi connectivity index (χ2n) is 5.52. The van der Waals surface area contributed by atoms with Crippen molar-refractivity contribution in [3.63, 3.8) is 0 Å². The van der Waals surface area contributed by atoms with Gasteiger partial charge in [0.05, 0.1) is 5.56 Å². The summed E-state index contributed by atoms with van der Waals surface area (Å²) in [7, 11) is 0. The van der Waals surface area contributed by atoms with Gasteiger partial charge in [0.25, 0.3) is 0 Å².